The molecule has 1 fully saturated rings. The average Bonchev–Trinajstić information content (AvgIpc) is 2.45. The summed E-state index contributed by atoms with van der Waals surface area (Å²) in [5.74, 6) is -0.269. The van der Waals surface area contributed by atoms with E-state index in [1.807, 2.05) is 30.3 Å². The Balaban J connectivity index is 1.91. The topological polar surface area (TPSA) is 57.5 Å². The van der Waals surface area contributed by atoms with Gasteiger partial charge in [0.15, 0.2) is 0 Å². The number of carboxylic acids is 1. The number of carbonyl (C=O) groups is 1. The Hall–Kier alpha value is -1.00. The van der Waals surface area contributed by atoms with Crippen LogP contribution in [0.15, 0.2) is 30.3 Å². The molecule has 0 bridgehead atoms. The third kappa shape index (κ3) is 4.53. The van der Waals surface area contributed by atoms with Crippen LogP contribution < -0.4 is 0 Å². The Morgan fingerprint density at radius 3 is 2.45 bits per heavy atom. The van der Waals surface area contributed by atoms with Crippen molar-refractivity contribution in [2.45, 2.75) is 49.4 Å². The van der Waals surface area contributed by atoms with Gasteiger partial charge in [0.1, 0.15) is 5.25 Å². The highest BCUT2D eigenvalue weighted by atomic mass is 32.2. The third-order valence-electron chi connectivity index (χ3n) is 3.88. The van der Waals surface area contributed by atoms with E-state index < -0.39 is 16.8 Å². The van der Waals surface area contributed by atoms with E-state index in [-0.39, 0.29) is 0 Å². The van der Waals surface area contributed by atoms with Crippen LogP contribution in [-0.4, -0.2) is 32.8 Å². The standard InChI is InChI=1S/C16H22O3S/c17-15(18)14(11-13-7-3-1-4-8-13)20-12-16(19)9-5-2-6-10-16/h1,3-4,7-8,14,19H,2,5-6,9-12H2,(H,17,18). The molecule has 0 aliphatic heterocycles. The Bertz CT molecular complexity index is 427. The zero-order valence-electron chi connectivity index (χ0n) is 11.6. The lowest BCUT2D eigenvalue weighted by molar-refractivity contribution is -0.136. The molecule has 2 rings (SSSR count). The molecule has 1 aliphatic carbocycles. The van der Waals surface area contributed by atoms with E-state index in [1.165, 1.54) is 18.2 Å². The lowest BCUT2D eigenvalue weighted by Crippen LogP contribution is -2.35. The molecule has 0 spiro atoms. The van der Waals surface area contributed by atoms with E-state index >= 15 is 0 Å². The van der Waals surface area contributed by atoms with E-state index in [0.717, 1.165) is 31.2 Å². The molecule has 2 N–H and O–H groups in total. The molecule has 0 aromatic heterocycles. The van der Waals surface area contributed by atoms with Crippen molar-refractivity contribution in [3.63, 3.8) is 0 Å². The first-order valence-corrected chi connectivity index (χ1v) is 8.25. The van der Waals surface area contributed by atoms with Crippen molar-refractivity contribution >= 4 is 17.7 Å². The van der Waals surface area contributed by atoms with E-state index in [9.17, 15) is 15.0 Å². The number of benzene rings is 1. The van der Waals surface area contributed by atoms with Gasteiger partial charge in [0.2, 0.25) is 0 Å². The Morgan fingerprint density at radius 1 is 1.20 bits per heavy atom. The van der Waals surface area contributed by atoms with Gasteiger partial charge in [0.25, 0.3) is 0 Å². The normalized spacial score (nSPS) is 19.4. The van der Waals surface area contributed by atoms with Crippen LogP contribution in [0.25, 0.3) is 0 Å². The van der Waals surface area contributed by atoms with Crippen LogP contribution in [0.5, 0.6) is 0 Å². The summed E-state index contributed by atoms with van der Waals surface area (Å²) in [6.45, 7) is 0. The van der Waals surface area contributed by atoms with Gasteiger partial charge in [-0.15, -0.1) is 11.8 Å². The molecule has 1 aliphatic rings. The monoisotopic (exact) mass is 294 g/mol. The zero-order valence-corrected chi connectivity index (χ0v) is 12.4. The van der Waals surface area contributed by atoms with Gasteiger partial charge in [-0.2, -0.15) is 0 Å². The Morgan fingerprint density at radius 2 is 1.85 bits per heavy atom. The minimum absolute atomic E-state index is 0.483. The number of aliphatic hydroxyl groups is 1. The first-order chi connectivity index (χ1) is 9.59. The van der Waals surface area contributed by atoms with Crippen LogP contribution in [0.1, 0.15) is 37.7 Å². The van der Waals surface area contributed by atoms with Gasteiger partial charge in [-0.25, -0.2) is 0 Å². The fourth-order valence-corrected chi connectivity index (χ4v) is 3.91. The predicted octanol–water partition coefficient (Wildman–Crippen LogP) is 3.11. The molecule has 1 aromatic rings. The van der Waals surface area contributed by atoms with E-state index in [1.54, 1.807) is 0 Å². The molecular weight excluding hydrogens is 272 g/mol. The average molecular weight is 294 g/mol. The molecule has 0 saturated heterocycles. The summed E-state index contributed by atoms with van der Waals surface area (Å²) in [6.07, 6.45) is 5.40. The number of thioether (sulfide) groups is 1. The molecular formula is C16H22O3S. The summed E-state index contributed by atoms with van der Waals surface area (Å²) in [4.78, 5) is 11.4. The summed E-state index contributed by atoms with van der Waals surface area (Å²) in [7, 11) is 0. The van der Waals surface area contributed by atoms with E-state index in [0.29, 0.717) is 12.2 Å². The van der Waals surface area contributed by atoms with Gasteiger partial charge in [0.05, 0.1) is 5.60 Å². The summed E-state index contributed by atoms with van der Waals surface area (Å²) in [5.41, 5.74) is 0.371. The van der Waals surface area contributed by atoms with Crippen molar-refractivity contribution in [2.75, 3.05) is 5.75 Å². The lowest BCUT2D eigenvalue weighted by Gasteiger charge is -2.32. The Kier molecular flexibility index (Phi) is 5.49. The van der Waals surface area contributed by atoms with Gasteiger partial charge < -0.3 is 10.2 Å². The minimum Gasteiger partial charge on any atom is -0.480 e. The van der Waals surface area contributed by atoms with Crippen LogP contribution in [0.3, 0.4) is 0 Å². The molecule has 1 atom stereocenters. The van der Waals surface area contributed by atoms with E-state index in [2.05, 4.69) is 0 Å². The molecule has 20 heavy (non-hydrogen) atoms. The van der Waals surface area contributed by atoms with Crippen molar-refractivity contribution in [2.24, 2.45) is 0 Å². The van der Waals surface area contributed by atoms with Crippen molar-refractivity contribution in [1.29, 1.82) is 0 Å². The summed E-state index contributed by atoms with van der Waals surface area (Å²) in [5, 5.41) is 19.3. The molecule has 1 unspecified atom stereocenters. The fourth-order valence-electron chi connectivity index (χ4n) is 2.66. The molecule has 3 nitrogen and oxygen atoms in total. The Labute approximate surface area is 124 Å². The van der Waals surface area contributed by atoms with Crippen LogP contribution >= 0.6 is 11.8 Å². The van der Waals surface area contributed by atoms with Crippen molar-refractivity contribution in [3.05, 3.63) is 35.9 Å². The number of hydrogen-bond donors (Lipinski definition) is 2. The number of rotatable bonds is 6. The molecule has 110 valence electrons. The van der Waals surface area contributed by atoms with Crippen LogP contribution in [0, 0.1) is 0 Å². The summed E-state index contributed by atoms with van der Waals surface area (Å²) >= 11 is 1.38. The second kappa shape index (κ2) is 7.14. The van der Waals surface area contributed by atoms with Gasteiger partial charge in [0, 0.05) is 5.75 Å². The molecule has 1 saturated carbocycles. The van der Waals surface area contributed by atoms with Crippen LogP contribution in [0.2, 0.25) is 0 Å². The maximum Gasteiger partial charge on any atom is 0.316 e. The molecule has 1 aromatic carbocycles. The van der Waals surface area contributed by atoms with Crippen molar-refractivity contribution in [1.82, 2.24) is 0 Å². The highest BCUT2D eigenvalue weighted by molar-refractivity contribution is 8.00. The lowest BCUT2D eigenvalue weighted by atomic mass is 9.86. The second-order valence-electron chi connectivity index (χ2n) is 5.61. The maximum atomic E-state index is 11.4. The fraction of sp³-hybridized carbons (Fsp3) is 0.562. The molecule has 0 heterocycles. The van der Waals surface area contributed by atoms with Crippen LogP contribution in [-0.2, 0) is 11.2 Å². The largest absolute Gasteiger partial charge is 0.480 e. The predicted molar refractivity (Wildman–Crippen MR) is 82.1 cm³/mol. The number of hydrogen-bond acceptors (Lipinski definition) is 3. The van der Waals surface area contributed by atoms with Gasteiger partial charge >= 0.3 is 5.97 Å². The van der Waals surface area contributed by atoms with Gasteiger partial charge in [-0.1, -0.05) is 49.6 Å². The number of aliphatic carboxylic acids is 1. The zero-order chi connectivity index (χ0) is 14.4. The molecule has 4 heteroatoms. The van der Waals surface area contributed by atoms with Crippen molar-refractivity contribution < 1.29 is 15.0 Å². The first-order valence-electron chi connectivity index (χ1n) is 7.20. The van der Waals surface area contributed by atoms with Crippen LogP contribution in [0.4, 0.5) is 0 Å². The SMILES string of the molecule is O=C(O)C(Cc1ccccc1)SCC1(O)CCCCC1. The highest BCUT2D eigenvalue weighted by Gasteiger charge is 2.31. The summed E-state index contributed by atoms with van der Waals surface area (Å²) in [6, 6.07) is 9.68. The first kappa shape index (κ1) is 15.4. The number of carboxylic acid groups (broad SMARTS) is 1. The molecule has 0 amide bonds. The highest BCUT2D eigenvalue weighted by Crippen LogP contribution is 2.32. The summed E-state index contributed by atoms with van der Waals surface area (Å²) < 4.78 is 0. The minimum atomic E-state index is -0.793. The van der Waals surface area contributed by atoms with Gasteiger partial charge in [-0.05, 0) is 24.8 Å². The quantitative estimate of drug-likeness (QED) is 0.846. The van der Waals surface area contributed by atoms with Crippen molar-refractivity contribution in [3.8, 4) is 0 Å². The maximum absolute atomic E-state index is 11.4. The second-order valence-corrected chi connectivity index (χ2v) is 6.80. The third-order valence-corrected chi connectivity index (χ3v) is 5.35. The molecule has 0 radical (unpaired) electrons. The van der Waals surface area contributed by atoms with E-state index in [4.69, 9.17) is 0 Å². The smallest absolute Gasteiger partial charge is 0.316 e. The van der Waals surface area contributed by atoms with Gasteiger partial charge in [-0.3, -0.25) is 4.79 Å².